The Morgan fingerprint density at radius 2 is 2.08 bits per heavy atom. The average Bonchev–Trinajstić information content (AvgIpc) is 3.13. The second-order valence-corrected chi connectivity index (χ2v) is 7.03. The van der Waals surface area contributed by atoms with Gasteiger partial charge >= 0.3 is 0 Å². The molecule has 1 aromatic rings. The number of rotatable bonds is 5. The number of hydrogen-bond acceptors (Lipinski definition) is 4. The van der Waals surface area contributed by atoms with Crippen molar-refractivity contribution < 1.29 is 13.9 Å². The topological polar surface area (TPSA) is 36.0 Å². The Hall–Kier alpha value is -1.66. The predicted molar refractivity (Wildman–Crippen MR) is 96.6 cm³/mol. The molecular formula is C19H28FN3O2. The molecule has 0 aromatic heterocycles. The van der Waals surface area contributed by atoms with E-state index in [-0.39, 0.29) is 11.7 Å². The van der Waals surface area contributed by atoms with Crippen molar-refractivity contribution in [3.05, 3.63) is 29.6 Å². The van der Waals surface area contributed by atoms with Crippen molar-refractivity contribution in [2.75, 3.05) is 64.4 Å². The molecule has 2 saturated heterocycles. The molecule has 2 aliphatic heterocycles. The first-order chi connectivity index (χ1) is 12.1. The van der Waals surface area contributed by atoms with E-state index >= 15 is 0 Å². The number of benzene rings is 1. The molecule has 1 amide bonds. The highest BCUT2D eigenvalue weighted by molar-refractivity contribution is 6.00. The van der Waals surface area contributed by atoms with Crippen LogP contribution in [-0.2, 0) is 4.74 Å². The molecule has 25 heavy (non-hydrogen) atoms. The van der Waals surface area contributed by atoms with E-state index in [0.717, 1.165) is 44.9 Å². The average molecular weight is 349 g/mol. The molecule has 0 spiro atoms. The molecule has 0 radical (unpaired) electrons. The smallest absolute Gasteiger partial charge is 0.256 e. The number of likely N-dealkylation sites (N-methyl/N-ethyl adjacent to an activating group) is 1. The summed E-state index contributed by atoms with van der Waals surface area (Å²) >= 11 is 0. The first-order valence-corrected chi connectivity index (χ1v) is 9.18. The van der Waals surface area contributed by atoms with Crippen molar-refractivity contribution >= 4 is 11.6 Å². The van der Waals surface area contributed by atoms with Crippen LogP contribution in [0, 0.1) is 11.7 Å². The van der Waals surface area contributed by atoms with Gasteiger partial charge in [-0.2, -0.15) is 0 Å². The van der Waals surface area contributed by atoms with Gasteiger partial charge in [-0.1, -0.05) is 0 Å². The minimum atomic E-state index is -0.360. The number of nitrogens with zero attached hydrogens (tertiary/aromatic N) is 3. The van der Waals surface area contributed by atoms with Gasteiger partial charge in [-0.25, -0.2) is 4.39 Å². The minimum Gasteiger partial charge on any atom is -0.381 e. The first-order valence-electron chi connectivity index (χ1n) is 9.18. The third kappa shape index (κ3) is 4.30. The Morgan fingerprint density at radius 3 is 2.72 bits per heavy atom. The molecule has 0 unspecified atom stereocenters. The van der Waals surface area contributed by atoms with E-state index in [1.165, 1.54) is 12.1 Å². The Bertz CT molecular complexity index is 596. The van der Waals surface area contributed by atoms with Crippen molar-refractivity contribution in [3.63, 3.8) is 0 Å². The summed E-state index contributed by atoms with van der Waals surface area (Å²) in [5.41, 5.74) is 1.32. The van der Waals surface area contributed by atoms with Gasteiger partial charge in [-0.3, -0.25) is 4.79 Å². The van der Waals surface area contributed by atoms with Gasteiger partial charge in [-0.15, -0.1) is 0 Å². The zero-order chi connectivity index (χ0) is 17.8. The van der Waals surface area contributed by atoms with Crippen LogP contribution < -0.4 is 4.90 Å². The van der Waals surface area contributed by atoms with Crippen molar-refractivity contribution in [2.45, 2.75) is 13.3 Å². The molecule has 0 N–H and O–H groups in total. The molecule has 0 bridgehead atoms. The van der Waals surface area contributed by atoms with Crippen molar-refractivity contribution in [1.82, 2.24) is 9.80 Å². The fourth-order valence-corrected chi connectivity index (χ4v) is 3.57. The van der Waals surface area contributed by atoms with Crippen LogP contribution in [0.4, 0.5) is 10.1 Å². The number of hydrogen-bond donors (Lipinski definition) is 0. The maximum absolute atomic E-state index is 13.9. The molecule has 1 atom stereocenters. The van der Waals surface area contributed by atoms with Crippen LogP contribution in [-0.4, -0.2) is 75.2 Å². The lowest BCUT2D eigenvalue weighted by molar-refractivity contribution is 0.0730. The summed E-state index contributed by atoms with van der Waals surface area (Å²) in [6, 6.07) is 4.59. The molecular weight excluding hydrogens is 321 g/mol. The maximum atomic E-state index is 13.9. The number of anilines is 1. The van der Waals surface area contributed by atoms with Crippen molar-refractivity contribution in [2.24, 2.45) is 5.92 Å². The quantitative estimate of drug-likeness (QED) is 0.815. The highest BCUT2D eigenvalue weighted by Crippen LogP contribution is 2.25. The largest absolute Gasteiger partial charge is 0.381 e. The Balaban J connectivity index is 1.81. The molecule has 6 heteroatoms. The van der Waals surface area contributed by atoms with E-state index < -0.39 is 0 Å². The van der Waals surface area contributed by atoms with Gasteiger partial charge in [0.25, 0.3) is 5.91 Å². The summed E-state index contributed by atoms with van der Waals surface area (Å²) in [4.78, 5) is 19.4. The van der Waals surface area contributed by atoms with Crippen LogP contribution in [0.3, 0.4) is 0 Å². The number of carbonyl (C=O) groups is 1. The van der Waals surface area contributed by atoms with E-state index in [9.17, 15) is 9.18 Å². The first kappa shape index (κ1) is 18.1. The summed E-state index contributed by atoms with van der Waals surface area (Å²) < 4.78 is 19.3. The molecule has 2 heterocycles. The summed E-state index contributed by atoms with van der Waals surface area (Å²) in [5, 5.41) is 0. The number of amides is 1. The lowest BCUT2D eigenvalue weighted by Crippen LogP contribution is -2.45. The zero-order valence-electron chi connectivity index (χ0n) is 15.2. The minimum absolute atomic E-state index is 0.0807. The van der Waals surface area contributed by atoms with Crippen molar-refractivity contribution in [3.8, 4) is 0 Å². The van der Waals surface area contributed by atoms with E-state index in [1.54, 1.807) is 6.07 Å². The lowest BCUT2D eigenvalue weighted by atomic mass is 10.1. The number of piperazine rings is 1. The van der Waals surface area contributed by atoms with E-state index in [4.69, 9.17) is 4.74 Å². The summed E-state index contributed by atoms with van der Waals surface area (Å²) in [6.45, 7) is 8.34. The standard InChI is InChI=1S/C19H28FN3O2/c1-3-22(13-15-6-11-25-14-15)19(24)17-12-16(20)4-5-18(17)23-9-7-21(2)8-10-23/h4-5,12,15H,3,6-11,13-14H2,1-2H3/t15-/m0/s1. The normalized spacial score (nSPS) is 21.6. The van der Waals surface area contributed by atoms with Crippen LogP contribution in [0.15, 0.2) is 18.2 Å². The van der Waals surface area contributed by atoms with Gasteiger partial charge in [0.1, 0.15) is 5.82 Å². The van der Waals surface area contributed by atoms with Gasteiger partial charge in [-0.05, 0) is 38.6 Å². The van der Waals surface area contributed by atoms with E-state index in [0.29, 0.717) is 31.2 Å². The van der Waals surface area contributed by atoms with Gasteiger partial charge in [0, 0.05) is 57.5 Å². The van der Waals surface area contributed by atoms with Crippen LogP contribution in [0.2, 0.25) is 0 Å². The second kappa shape index (κ2) is 8.15. The van der Waals surface area contributed by atoms with Crippen LogP contribution in [0.1, 0.15) is 23.7 Å². The molecule has 138 valence electrons. The third-order valence-corrected chi connectivity index (χ3v) is 5.20. The second-order valence-electron chi connectivity index (χ2n) is 7.03. The number of halogens is 1. The molecule has 3 rings (SSSR count). The fourth-order valence-electron chi connectivity index (χ4n) is 3.57. The Morgan fingerprint density at radius 1 is 1.32 bits per heavy atom. The highest BCUT2D eigenvalue weighted by Gasteiger charge is 2.26. The predicted octanol–water partition coefficient (Wildman–Crippen LogP) is 2.08. The van der Waals surface area contributed by atoms with Gasteiger partial charge in [0.05, 0.1) is 12.2 Å². The van der Waals surface area contributed by atoms with E-state index in [1.807, 2.05) is 11.8 Å². The lowest BCUT2D eigenvalue weighted by Gasteiger charge is -2.35. The zero-order valence-corrected chi connectivity index (χ0v) is 15.2. The molecule has 1 aromatic carbocycles. The number of carbonyl (C=O) groups excluding carboxylic acids is 1. The molecule has 2 aliphatic rings. The number of ether oxygens (including phenoxy) is 1. The van der Waals surface area contributed by atoms with Gasteiger partial charge < -0.3 is 19.4 Å². The summed E-state index contributed by atoms with van der Waals surface area (Å²) in [5.74, 6) is -0.0612. The van der Waals surface area contributed by atoms with Crippen LogP contribution in [0.5, 0.6) is 0 Å². The van der Waals surface area contributed by atoms with Crippen LogP contribution in [0.25, 0.3) is 0 Å². The highest BCUT2D eigenvalue weighted by atomic mass is 19.1. The van der Waals surface area contributed by atoms with E-state index in [2.05, 4.69) is 16.8 Å². The Kier molecular flexibility index (Phi) is 5.91. The fraction of sp³-hybridized carbons (Fsp3) is 0.632. The van der Waals surface area contributed by atoms with Crippen molar-refractivity contribution in [1.29, 1.82) is 0 Å². The van der Waals surface area contributed by atoms with Gasteiger partial charge in [0.15, 0.2) is 0 Å². The third-order valence-electron chi connectivity index (χ3n) is 5.20. The van der Waals surface area contributed by atoms with Crippen LogP contribution >= 0.6 is 0 Å². The summed E-state index contributed by atoms with van der Waals surface area (Å²) in [6.07, 6.45) is 0.984. The molecule has 2 fully saturated rings. The maximum Gasteiger partial charge on any atom is 0.256 e. The van der Waals surface area contributed by atoms with Gasteiger partial charge in [0.2, 0.25) is 0 Å². The Labute approximate surface area is 149 Å². The molecule has 5 nitrogen and oxygen atoms in total. The summed E-state index contributed by atoms with van der Waals surface area (Å²) in [7, 11) is 2.09. The molecule has 0 saturated carbocycles. The molecule has 0 aliphatic carbocycles. The SMILES string of the molecule is CCN(C[C@@H]1CCOC1)C(=O)c1cc(F)ccc1N1CCN(C)CC1. The monoisotopic (exact) mass is 349 g/mol.